The fourth-order valence-electron chi connectivity index (χ4n) is 2.31. The quantitative estimate of drug-likeness (QED) is 0.778. The molecule has 0 spiro atoms. The minimum absolute atomic E-state index is 0.170. The van der Waals surface area contributed by atoms with E-state index >= 15 is 0 Å². The Morgan fingerprint density at radius 1 is 1.36 bits per heavy atom. The first-order valence-corrected chi connectivity index (χ1v) is 9.41. The fourth-order valence-corrected chi connectivity index (χ4v) is 4.60. The molecule has 1 aliphatic rings. The summed E-state index contributed by atoms with van der Waals surface area (Å²) in [6.45, 7) is 5.93. The molecule has 1 aromatic rings. The average molecular weight is 390 g/mol. The van der Waals surface area contributed by atoms with Gasteiger partial charge in [-0.1, -0.05) is 22.0 Å². The highest BCUT2D eigenvalue weighted by Crippen LogP contribution is 2.26. The fraction of sp³-hybridized carbons (Fsp3) is 0.533. The Kier molecular flexibility index (Phi) is 4.87. The van der Waals surface area contributed by atoms with E-state index in [1.807, 2.05) is 0 Å². The molecular weight excluding hydrogens is 370 g/mol. The van der Waals surface area contributed by atoms with Crippen molar-refractivity contribution < 1.29 is 17.9 Å². The minimum Gasteiger partial charge on any atom is -0.444 e. The van der Waals surface area contributed by atoms with Crippen LogP contribution in [0.3, 0.4) is 0 Å². The van der Waals surface area contributed by atoms with Crippen LogP contribution in [0.25, 0.3) is 0 Å². The van der Waals surface area contributed by atoms with Crippen LogP contribution in [0.4, 0.5) is 4.79 Å². The van der Waals surface area contributed by atoms with E-state index < -0.39 is 26.8 Å². The molecule has 0 N–H and O–H groups in total. The molecule has 1 amide bonds. The van der Waals surface area contributed by atoms with Crippen molar-refractivity contribution in [2.75, 3.05) is 13.1 Å². The number of carbonyl (C=O) groups excluding carboxylic acids is 1. The largest absolute Gasteiger partial charge is 0.444 e. The van der Waals surface area contributed by atoms with E-state index in [0.29, 0.717) is 13.0 Å². The van der Waals surface area contributed by atoms with Crippen molar-refractivity contribution in [3.05, 3.63) is 28.7 Å². The molecule has 22 heavy (non-hydrogen) atoms. The third-order valence-electron chi connectivity index (χ3n) is 3.36. The molecule has 0 unspecified atom stereocenters. The summed E-state index contributed by atoms with van der Waals surface area (Å²) in [5, 5.41) is -0.589. The van der Waals surface area contributed by atoms with Crippen LogP contribution in [0, 0.1) is 0 Å². The second-order valence-electron chi connectivity index (χ2n) is 6.34. The van der Waals surface area contributed by atoms with E-state index in [4.69, 9.17) is 4.74 Å². The molecule has 122 valence electrons. The van der Waals surface area contributed by atoms with Crippen LogP contribution in [-0.4, -0.2) is 43.4 Å². The van der Waals surface area contributed by atoms with E-state index in [-0.39, 0.29) is 11.4 Å². The molecule has 1 aliphatic heterocycles. The highest BCUT2D eigenvalue weighted by atomic mass is 79.9. The molecule has 0 radical (unpaired) electrons. The van der Waals surface area contributed by atoms with Crippen molar-refractivity contribution in [2.45, 2.75) is 42.9 Å². The lowest BCUT2D eigenvalue weighted by molar-refractivity contribution is 0.0295. The molecule has 1 heterocycles. The van der Waals surface area contributed by atoms with E-state index in [1.54, 1.807) is 45.0 Å². The summed E-state index contributed by atoms with van der Waals surface area (Å²) in [7, 11) is -3.45. The van der Waals surface area contributed by atoms with Crippen LogP contribution in [0.2, 0.25) is 0 Å². The Labute approximate surface area is 139 Å². The van der Waals surface area contributed by atoms with Crippen LogP contribution in [0.5, 0.6) is 0 Å². The second kappa shape index (κ2) is 6.20. The highest BCUT2D eigenvalue weighted by Gasteiger charge is 2.37. The number of hydrogen-bond donors (Lipinski definition) is 0. The van der Waals surface area contributed by atoms with Gasteiger partial charge in [-0.25, -0.2) is 13.2 Å². The number of carbonyl (C=O) groups is 1. The zero-order valence-corrected chi connectivity index (χ0v) is 15.3. The number of halogens is 1. The summed E-state index contributed by atoms with van der Waals surface area (Å²) in [6.07, 6.45) is -0.0342. The van der Waals surface area contributed by atoms with Gasteiger partial charge in [0.1, 0.15) is 5.60 Å². The third kappa shape index (κ3) is 4.01. The number of likely N-dealkylation sites (tertiary alicyclic amines) is 1. The lowest BCUT2D eigenvalue weighted by Crippen LogP contribution is -2.36. The maximum atomic E-state index is 12.6. The van der Waals surface area contributed by atoms with Crippen molar-refractivity contribution in [1.82, 2.24) is 4.90 Å². The third-order valence-corrected chi connectivity index (χ3v) is 6.03. The number of amides is 1. The van der Waals surface area contributed by atoms with Crippen molar-refractivity contribution >= 4 is 31.9 Å². The number of nitrogens with zero attached hydrogens (tertiary/aromatic N) is 1. The van der Waals surface area contributed by atoms with E-state index in [1.165, 1.54) is 4.90 Å². The zero-order valence-electron chi connectivity index (χ0n) is 12.9. The first-order chi connectivity index (χ1) is 10.1. The van der Waals surface area contributed by atoms with Gasteiger partial charge in [0, 0.05) is 17.6 Å². The Balaban J connectivity index is 2.11. The number of sulfone groups is 1. The van der Waals surface area contributed by atoms with Crippen LogP contribution in [-0.2, 0) is 14.6 Å². The molecule has 1 aromatic carbocycles. The standard InChI is InChI=1S/C15H20BrNO4S/c1-15(2,3)21-14(18)17-8-7-13(10-17)22(19,20)12-6-4-5-11(16)9-12/h4-6,9,13H,7-8,10H2,1-3H3/t13-/m1/s1. The van der Waals surface area contributed by atoms with Gasteiger partial charge in [-0.15, -0.1) is 0 Å². The number of benzene rings is 1. The SMILES string of the molecule is CC(C)(C)OC(=O)N1CC[C@@H](S(=O)(=O)c2cccc(Br)c2)C1. The van der Waals surface area contributed by atoms with Crippen LogP contribution in [0.15, 0.2) is 33.6 Å². The maximum absolute atomic E-state index is 12.6. The van der Waals surface area contributed by atoms with Crippen LogP contribution >= 0.6 is 15.9 Å². The summed E-state index contributed by atoms with van der Waals surface area (Å²) in [5.74, 6) is 0. The summed E-state index contributed by atoms with van der Waals surface area (Å²) in [6, 6.07) is 6.64. The zero-order chi connectivity index (χ0) is 16.5. The molecule has 1 saturated heterocycles. The van der Waals surface area contributed by atoms with Gasteiger partial charge >= 0.3 is 6.09 Å². The number of hydrogen-bond acceptors (Lipinski definition) is 4. The highest BCUT2D eigenvalue weighted by molar-refractivity contribution is 9.10. The summed E-state index contributed by atoms with van der Waals surface area (Å²) >= 11 is 3.28. The molecule has 7 heteroatoms. The van der Waals surface area contributed by atoms with Crippen LogP contribution in [0.1, 0.15) is 27.2 Å². The van der Waals surface area contributed by atoms with Crippen molar-refractivity contribution in [3.8, 4) is 0 Å². The molecular formula is C15H20BrNO4S. The second-order valence-corrected chi connectivity index (χ2v) is 9.48. The summed E-state index contributed by atoms with van der Waals surface area (Å²) in [5.41, 5.74) is -0.585. The first kappa shape index (κ1) is 17.3. The lowest BCUT2D eigenvalue weighted by Gasteiger charge is -2.24. The molecule has 0 saturated carbocycles. The Morgan fingerprint density at radius 2 is 2.05 bits per heavy atom. The maximum Gasteiger partial charge on any atom is 0.410 e. The topological polar surface area (TPSA) is 63.7 Å². The van der Waals surface area contributed by atoms with Crippen molar-refractivity contribution in [3.63, 3.8) is 0 Å². The van der Waals surface area contributed by atoms with Gasteiger partial charge in [-0.3, -0.25) is 0 Å². The lowest BCUT2D eigenvalue weighted by atomic mass is 10.2. The van der Waals surface area contributed by atoms with E-state index in [2.05, 4.69) is 15.9 Å². The summed E-state index contributed by atoms with van der Waals surface area (Å²) < 4.78 is 31.3. The first-order valence-electron chi connectivity index (χ1n) is 7.07. The summed E-state index contributed by atoms with van der Waals surface area (Å²) in [4.78, 5) is 13.8. The normalized spacial score (nSPS) is 19.3. The van der Waals surface area contributed by atoms with E-state index in [9.17, 15) is 13.2 Å². The molecule has 2 rings (SSSR count). The van der Waals surface area contributed by atoms with Crippen molar-refractivity contribution in [2.24, 2.45) is 0 Å². The molecule has 0 aromatic heterocycles. The van der Waals surface area contributed by atoms with E-state index in [0.717, 1.165) is 4.47 Å². The van der Waals surface area contributed by atoms with Crippen molar-refractivity contribution in [1.29, 1.82) is 0 Å². The molecule has 5 nitrogen and oxygen atoms in total. The molecule has 0 aliphatic carbocycles. The van der Waals surface area contributed by atoms with Gasteiger partial charge < -0.3 is 9.64 Å². The molecule has 1 fully saturated rings. The Morgan fingerprint density at radius 3 is 2.64 bits per heavy atom. The number of rotatable bonds is 2. The Bertz CT molecular complexity index is 666. The van der Waals surface area contributed by atoms with Crippen LogP contribution < -0.4 is 0 Å². The molecule has 1 atom stereocenters. The molecule has 0 bridgehead atoms. The van der Waals surface area contributed by atoms with Gasteiger partial charge in [0.2, 0.25) is 0 Å². The van der Waals surface area contributed by atoms with Gasteiger partial charge in [0.05, 0.1) is 10.1 Å². The monoisotopic (exact) mass is 389 g/mol. The Hall–Kier alpha value is -1.08. The average Bonchev–Trinajstić information content (AvgIpc) is 2.87. The van der Waals surface area contributed by atoms with Gasteiger partial charge in [0.25, 0.3) is 0 Å². The van der Waals surface area contributed by atoms with Gasteiger partial charge in [-0.05, 0) is 45.4 Å². The smallest absolute Gasteiger partial charge is 0.410 e. The number of ether oxygens (including phenoxy) is 1. The van der Waals surface area contributed by atoms with Gasteiger partial charge in [0.15, 0.2) is 9.84 Å². The van der Waals surface area contributed by atoms with Gasteiger partial charge in [-0.2, -0.15) is 0 Å². The predicted octanol–water partition coefficient (Wildman–Crippen LogP) is 3.23. The predicted molar refractivity (Wildman–Crippen MR) is 87.5 cm³/mol. The minimum atomic E-state index is -3.45.